The summed E-state index contributed by atoms with van der Waals surface area (Å²) >= 11 is 0. The second kappa shape index (κ2) is 7.17. The summed E-state index contributed by atoms with van der Waals surface area (Å²) in [5, 5.41) is 0. The Kier molecular flexibility index (Phi) is 5.43. The monoisotopic (exact) mass is 350 g/mol. The van der Waals surface area contributed by atoms with Gasteiger partial charge in [0.25, 0.3) is 0 Å². The lowest BCUT2D eigenvalue weighted by molar-refractivity contribution is -0.130. The summed E-state index contributed by atoms with van der Waals surface area (Å²) in [5.41, 5.74) is 0.650. The Balaban J connectivity index is 2.02. The third-order valence-electron chi connectivity index (χ3n) is 4.31. The van der Waals surface area contributed by atoms with Crippen LogP contribution in [-0.4, -0.2) is 51.5 Å². The highest BCUT2D eigenvalue weighted by atomic mass is 32.2. The molecule has 1 fully saturated rings. The first-order chi connectivity index (χ1) is 11.2. The van der Waals surface area contributed by atoms with Gasteiger partial charge < -0.3 is 9.80 Å². The summed E-state index contributed by atoms with van der Waals surface area (Å²) in [7, 11) is -1.57. The van der Waals surface area contributed by atoms with E-state index in [1.807, 2.05) is 0 Å². The predicted octanol–water partition coefficient (Wildman–Crippen LogP) is 1.48. The van der Waals surface area contributed by atoms with Crippen molar-refractivity contribution >= 4 is 27.3 Å². The van der Waals surface area contributed by atoms with Crippen LogP contribution in [-0.2, 0) is 19.4 Å². The maximum absolute atomic E-state index is 12.6. The molecule has 1 aromatic rings. The van der Waals surface area contributed by atoms with Crippen LogP contribution in [0.5, 0.6) is 0 Å². The number of benzene rings is 1. The Morgan fingerprint density at radius 2 is 1.75 bits per heavy atom. The maximum Gasteiger partial charge on any atom is 0.245 e. The Labute approximate surface area is 142 Å². The van der Waals surface area contributed by atoms with Gasteiger partial charge in [0.2, 0.25) is 11.8 Å². The summed E-state index contributed by atoms with van der Waals surface area (Å²) in [5.74, 6) is -0.267. The summed E-state index contributed by atoms with van der Waals surface area (Å²) < 4.78 is 23.0. The lowest BCUT2D eigenvalue weighted by atomic mass is 9.95. The molecule has 1 heterocycles. The zero-order chi connectivity index (χ0) is 17.9. The van der Waals surface area contributed by atoms with E-state index in [1.54, 1.807) is 29.0 Å². The Hall–Kier alpha value is -2.15. The maximum atomic E-state index is 12.6. The number of amides is 2. The highest BCUT2D eigenvalue weighted by Gasteiger charge is 2.28. The van der Waals surface area contributed by atoms with Gasteiger partial charge in [-0.25, -0.2) is 8.42 Å². The van der Waals surface area contributed by atoms with Crippen LogP contribution >= 0.6 is 0 Å². The van der Waals surface area contributed by atoms with Crippen molar-refractivity contribution in [1.82, 2.24) is 4.90 Å². The lowest BCUT2D eigenvalue weighted by Gasteiger charge is -2.32. The van der Waals surface area contributed by atoms with E-state index in [0.29, 0.717) is 31.6 Å². The van der Waals surface area contributed by atoms with Crippen molar-refractivity contribution in [3.8, 4) is 0 Å². The van der Waals surface area contributed by atoms with Crippen LogP contribution in [0.3, 0.4) is 0 Å². The van der Waals surface area contributed by atoms with E-state index >= 15 is 0 Å². The standard InChI is InChI=1S/C17H22N2O4S/c1-4-16(20)19-11-9-13(10-12-19)17(21)18(2)14-5-7-15(8-6-14)24(3,22)23/h4-8,13H,1,9-12H2,2-3H3. The number of hydrogen-bond acceptors (Lipinski definition) is 4. The van der Waals surface area contributed by atoms with Crippen molar-refractivity contribution in [2.75, 3.05) is 31.3 Å². The van der Waals surface area contributed by atoms with E-state index in [-0.39, 0.29) is 22.6 Å². The van der Waals surface area contributed by atoms with Gasteiger partial charge in [-0.15, -0.1) is 0 Å². The second-order valence-corrected chi connectivity index (χ2v) is 7.98. The summed E-state index contributed by atoms with van der Waals surface area (Å²) in [6.45, 7) is 4.56. The molecule has 1 aliphatic rings. The number of hydrogen-bond donors (Lipinski definition) is 0. The molecule has 1 aromatic carbocycles. The molecule has 6 nitrogen and oxygen atoms in total. The molecule has 130 valence electrons. The van der Waals surface area contributed by atoms with Crippen molar-refractivity contribution in [2.45, 2.75) is 17.7 Å². The molecular weight excluding hydrogens is 328 g/mol. The highest BCUT2D eigenvalue weighted by Crippen LogP contribution is 2.23. The van der Waals surface area contributed by atoms with Crippen LogP contribution in [0.15, 0.2) is 41.8 Å². The molecule has 2 rings (SSSR count). The molecule has 0 atom stereocenters. The number of nitrogens with zero attached hydrogens (tertiary/aromatic N) is 2. The van der Waals surface area contributed by atoms with Gasteiger partial charge in [-0.2, -0.15) is 0 Å². The van der Waals surface area contributed by atoms with Crippen LogP contribution in [0.25, 0.3) is 0 Å². The fraction of sp³-hybridized carbons (Fsp3) is 0.412. The zero-order valence-corrected chi connectivity index (χ0v) is 14.8. The molecular formula is C17H22N2O4S. The van der Waals surface area contributed by atoms with Crippen LogP contribution in [0, 0.1) is 5.92 Å². The molecule has 0 N–H and O–H groups in total. The number of piperidine rings is 1. The van der Waals surface area contributed by atoms with Gasteiger partial charge in [0, 0.05) is 38.0 Å². The quantitative estimate of drug-likeness (QED) is 0.771. The molecule has 2 amide bonds. The predicted molar refractivity (Wildman–Crippen MR) is 92.5 cm³/mol. The summed E-state index contributed by atoms with van der Waals surface area (Å²) in [4.78, 5) is 27.6. The third-order valence-corrected chi connectivity index (χ3v) is 5.44. The molecule has 0 aliphatic carbocycles. The number of sulfone groups is 1. The van der Waals surface area contributed by atoms with E-state index in [9.17, 15) is 18.0 Å². The Morgan fingerprint density at radius 1 is 1.21 bits per heavy atom. The molecule has 1 aliphatic heterocycles. The van der Waals surface area contributed by atoms with E-state index in [0.717, 1.165) is 6.26 Å². The van der Waals surface area contributed by atoms with Gasteiger partial charge in [-0.05, 0) is 43.2 Å². The molecule has 0 spiro atoms. The van der Waals surface area contributed by atoms with Crippen LogP contribution < -0.4 is 4.90 Å². The molecule has 1 saturated heterocycles. The zero-order valence-electron chi connectivity index (χ0n) is 13.9. The van der Waals surface area contributed by atoms with Crippen molar-refractivity contribution in [3.05, 3.63) is 36.9 Å². The number of likely N-dealkylation sites (tertiary alicyclic amines) is 1. The second-order valence-electron chi connectivity index (χ2n) is 5.97. The van der Waals surface area contributed by atoms with Crippen LogP contribution in [0.2, 0.25) is 0 Å². The lowest BCUT2D eigenvalue weighted by Crippen LogP contribution is -2.43. The Bertz CT molecular complexity index is 732. The van der Waals surface area contributed by atoms with Gasteiger partial charge in [-0.3, -0.25) is 9.59 Å². The van der Waals surface area contributed by atoms with Gasteiger partial charge in [0.15, 0.2) is 9.84 Å². The average molecular weight is 350 g/mol. The number of anilines is 1. The van der Waals surface area contributed by atoms with Gasteiger partial charge in [0.1, 0.15) is 0 Å². The molecule has 0 aromatic heterocycles. The topological polar surface area (TPSA) is 74.8 Å². The fourth-order valence-corrected chi connectivity index (χ4v) is 3.42. The van der Waals surface area contributed by atoms with Gasteiger partial charge in [0.05, 0.1) is 4.90 Å². The minimum Gasteiger partial charge on any atom is -0.339 e. The van der Waals surface area contributed by atoms with Crippen molar-refractivity contribution < 1.29 is 18.0 Å². The number of carbonyl (C=O) groups is 2. The normalized spacial score (nSPS) is 15.8. The molecule has 24 heavy (non-hydrogen) atoms. The van der Waals surface area contributed by atoms with Crippen molar-refractivity contribution in [2.24, 2.45) is 5.92 Å². The minimum atomic E-state index is -3.25. The number of carbonyl (C=O) groups excluding carboxylic acids is 2. The van der Waals surface area contributed by atoms with E-state index in [2.05, 4.69) is 6.58 Å². The van der Waals surface area contributed by atoms with Crippen molar-refractivity contribution in [3.63, 3.8) is 0 Å². The smallest absolute Gasteiger partial charge is 0.245 e. The summed E-state index contributed by atoms with van der Waals surface area (Å²) in [6.07, 6.45) is 3.67. The first kappa shape index (κ1) is 18.2. The Morgan fingerprint density at radius 3 is 2.21 bits per heavy atom. The largest absolute Gasteiger partial charge is 0.339 e. The SMILES string of the molecule is C=CC(=O)N1CCC(C(=O)N(C)c2ccc(S(C)(=O)=O)cc2)CC1. The molecule has 0 radical (unpaired) electrons. The third kappa shape index (κ3) is 4.03. The highest BCUT2D eigenvalue weighted by molar-refractivity contribution is 7.90. The molecule has 0 unspecified atom stereocenters. The van der Waals surface area contributed by atoms with Crippen LogP contribution in [0.4, 0.5) is 5.69 Å². The van der Waals surface area contributed by atoms with Crippen molar-refractivity contribution in [1.29, 1.82) is 0 Å². The molecule has 0 bridgehead atoms. The minimum absolute atomic E-state index is 0.0205. The average Bonchev–Trinajstić information content (AvgIpc) is 2.59. The first-order valence-corrected chi connectivity index (χ1v) is 9.62. The van der Waals surface area contributed by atoms with E-state index in [4.69, 9.17) is 0 Å². The van der Waals surface area contributed by atoms with Gasteiger partial charge >= 0.3 is 0 Å². The summed E-state index contributed by atoms with van der Waals surface area (Å²) in [6, 6.07) is 6.26. The number of rotatable bonds is 4. The van der Waals surface area contributed by atoms with E-state index in [1.165, 1.54) is 18.2 Å². The fourth-order valence-electron chi connectivity index (χ4n) is 2.79. The van der Waals surface area contributed by atoms with E-state index < -0.39 is 9.84 Å². The molecule has 0 saturated carbocycles. The van der Waals surface area contributed by atoms with Gasteiger partial charge in [-0.1, -0.05) is 6.58 Å². The molecule has 7 heteroatoms. The van der Waals surface area contributed by atoms with Crippen LogP contribution in [0.1, 0.15) is 12.8 Å². The first-order valence-electron chi connectivity index (χ1n) is 7.73.